The summed E-state index contributed by atoms with van der Waals surface area (Å²) in [5.74, 6) is 0.293. The lowest BCUT2D eigenvalue weighted by Crippen LogP contribution is -1.87. The normalized spacial score (nSPS) is 10.6. The van der Waals surface area contributed by atoms with Gasteiger partial charge in [0.05, 0.1) is 5.56 Å². The number of nitrogen functional groups attached to an aromatic ring is 1. The molecule has 0 radical (unpaired) electrons. The van der Waals surface area contributed by atoms with Crippen LogP contribution in [0.1, 0.15) is 0 Å². The molecule has 0 bridgehead atoms. The Balaban J connectivity index is 2.20. The Labute approximate surface area is 115 Å². The molecule has 19 heavy (non-hydrogen) atoms. The Morgan fingerprint density at radius 3 is 2.42 bits per heavy atom. The quantitative estimate of drug-likeness (QED) is 0.757. The fourth-order valence-electron chi connectivity index (χ4n) is 2.02. The van der Waals surface area contributed by atoms with Crippen LogP contribution < -0.4 is 5.73 Å². The number of nitrogens with two attached hydrogens (primary N) is 1. The third-order valence-corrected chi connectivity index (χ3v) is 3.11. The fraction of sp³-hybridized carbons (Fsp3) is 0. The monoisotopic (exact) mass is 270 g/mol. The van der Waals surface area contributed by atoms with E-state index in [0.29, 0.717) is 10.9 Å². The molecule has 2 aromatic carbocycles. The molecule has 3 rings (SSSR count). The topological polar surface area (TPSA) is 52.0 Å². The van der Waals surface area contributed by atoms with E-state index < -0.39 is 0 Å². The smallest absolute Gasteiger partial charge is 0.230 e. The highest BCUT2D eigenvalue weighted by molar-refractivity contribution is 6.30. The third kappa shape index (κ3) is 2.20. The second kappa shape index (κ2) is 4.78. The molecule has 1 aromatic heterocycles. The number of anilines is 1. The minimum absolute atomic E-state index is 0.293. The maximum absolute atomic E-state index is 6.02. The summed E-state index contributed by atoms with van der Waals surface area (Å²) in [5, 5.41) is 4.70. The first-order chi connectivity index (χ1) is 9.25. The van der Waals surface area contributed by atoms with E-state index in [1.165, 1.54) is 0 Å². The summed E-state index contributed by atoms with van der Waals surface area (Å²) in [6.07, 6.45) is 0. The van der Waals surface area contributed by atoms with Crippen LogP contribution in [0.2, 0.25) is 5.02 Å². The van der Waals surface area contributed by atoms with Gasteiger partial charge in [0, 0.05) is 10.6 Å². The summed E-state index contributed by atoms with van der Waals surface area (Å²) >= 11 is 6.02. The Hall–Kier alpha value is -2.26. The largest absolute Gasteiger partial charge is 0.367 e. The molecule has 0 atom stereocenters. The number of rotatable bonds is 2. The van der Waals surface area contributed by atoms with Crippen molar-refractivity contribution in [3.8, 4) is 22.4 Å². The van der Waals surface area contributed by atoms with Crippen molar-refractivity contribution in [3.05, 3.63) is 59.6 Å². The van der Waals surface area contributed by atoms with Crippen molar-refractivity contribution in [2.24, 2.45) is 0 Å². The van der Waals surface area contributed by atoms with Gasteiger partial charge in [-0.3, -0.25) is 0 Å². The van der Waals surface area contributed by atoms with Crippen LogP contribution in [0.5, 0.6) is 0 Å². The van der Waals surface area contributed by atoms with Gasteiger partial charge in [-0.2, -0.15) is 0 Å². The van der Waals surface area contributed by atoms with Crippen LogP contribution in [0.4, 0.5) is 5.88 Å². The van der Waals surface area contributed by atoms with Crippen LogP contribution in [-0.2, 0) is 0 Å². The second-order valence-corrected chi connectivity index (χ2v) is 4.58. The maximum Gasteiger partial charge on any atom is 0.230 e. The molecule has 2 N–H and O–H groups in total. The van der Waals surface area contributed by atoms with Crippen molar-refractivity contribution in [3.63, 3.8) is 0 Å². The summed E-state index contributed by atoms with van der Waals surface area (Å²) < 4.78 is 5.13. The zero-order valence-electron chi connectivity index (χ0n) is 10.0. The molecule has 0 aliphatic heterocycles. The molecule has 0 aliphatic rings. The van der Waals surface area contributed by atoms with Crippen LogP contribution in [0.25, 0.3) is 22.4 Å². The predicted molar refractivity (Wildman–Crippen MR) is 76.8 cm³/mol. The van der Waals surface area contributed by atoms with Crippen LogP contribution >= 0.6 is 11.6 Å². The summed E-state index contributed by atoms with van der Waals surface area (Å²) in [6, 6.07) is 17.2. The molecule has 0 aliphatic carbocycles. The molecule has 3 aromatic rings. The van der Waals surface area contributed by atoms with Crippen LogP contribution in [0.15, 0.2) is 59.1 Å². The van der Waals surface area contributed by atoms with Crippen LogP contribution in [-0.4, -0.2) is 5.16 Å². The summed E-state index contributed by atoms with van der Waals surface area (Å²) in [6.45, 7) is 0. The van der Waals surface area contributed by atoms with E-state index in [2.05, 4.69) is 5.16 Å². The van der Waals surface area contributed by atoms with Crippen molar-refractivity contribution in [1.29, 1.82) is 0 Å². The number of nitrogens with zero attached hydrogens (tertiary/aromatic N) is 1. The first-order valence-electron chi connectivity index (χ1n) is 5.82. The van der Waals surface area contributed by atoms with Crippen molar-refractivity contribution in [2.75, 3.05) is 5.73 Å². The third-order valence-electron chi connectivity index (χ3n) is 2.88. The molecular formula is C15H11ClN2O. The lowest BCUT2D eigenvalue weighted by molar-refractivity contribution is 0.439. The van der Waals surface area contributed by atoms with E-state index in [1.807, 2.05) is 54.6 Å². The highest BCUT2D eigenvalue weighted by Crippen LogP contribution is 2.36. The first-order valence-corrected chi connectivity index (χ1v) is 6.20. The van der Waals surface area contributed by atoms with E-state index in [-0.39, 0.29) is 0 Å². The van der Waals surface area contributed by atoms with Gasteiger partial charge in [0.25, 0.3) is 0 Å². The van der Waals surface area contributed by atoms with Gasteiger partial charge in [0.1, 0.15) is 5.69 Å². The first kappa shape index (κ1) is 11.8. The maximum atomic E-state index is 6.02. The van der Waals surface area contributed by atoms with E-state index in [4.69, 9.17) is 21.9 Å². The molecule has 0 spiro atoms. The average Bonchev–Trinajstić information content (AvgIpc) is 2.82. The predicted octanol–water partition coefficient (Wildman–Crippen LogP) is 4.24. The number of benzene rings is 2. The minimum Gasteiger partial charge on any atom is -0.367 e. The summed E-state index contributed by atoms with van der Waals surface area (Å²) in [7, 11) is 0. The summed E-state index contributed by atoms with van der Waals surface area (Å²) in [4.78, 5) is 0. The number of aromatic nitrogens is 1. The van der Waals surface area contributed by atoms with Crippen LogP contribution in [0.3, 0.4) is 0 Å². The lowest BCUT2D eigenvalue weighted by Gasteiger charge is -2.03. The molecule has 3 nitrogen and oxygen atoms in total. The van der Waals surface area contributed by atoms with Gasteiger partial charge in [0.15, 0.2) is 0 Å². The second-order valence-electron chi connectivity index (χ2n) is 4.15. The Kier molecular flexibility index (Phi) is 2.97. The molecule has 94 valence electrons. The standard InChI is InChI=1S/C15H11ClN2O/c16-12-8-4-7-11(9-12)13-14(18-19-15(13)17)10-5-2-1-3-6-10/h1-9H,17H2. The van der Waals surface area contributed by atoms with Gasteiger partial charge in [-0.15, -0.1) is 0 Å². The van der Waals surface area contributed by atoms with E-state index in [1.54, 1.807) is 0 Å². The van der Waals surface area contributed by atoms with Crippen LogP contribution in [0, 0.1) is 0 Å². The zero-order valence-corrected chi connectivity index (χ0v) is 10.8. The van der Waals surface area contributed by atoms with E-state index >= 15 is 0 Å². The van der Waals surface area contributed by atoms with Gasteiger partial charge in [-0.05, 0) is 17.7 Å². The number of halogens is 1. The van der Waals surface area contributed by atoms with Crippen molar-refractivity contribution < 1.29 is 4.52 Å². The van der Waals surface area contributed by atoms with E-state index in [9.17, 15) is 0 Å². The SMILES string of the molecule is Nc1onc(-c2ccccc2)c1-c1cccc(Cl)c1. The molecule has 0 amide bonds. The van der Waals surface area contributed by atoms with Crippen molar-refractivity contribution in [1.82, 2.24) is 5.16 Å². The van der Waals surface area contributed by atoms with Gasteiger partial charge < -0.3 is 10.3 Å². The van der Waals surface area contributed by atoms with Gasteiger partial charge in [-0.1, -0.05) is 59.2 Å². The molecule has 0 fully saturated rings. The summed E-state index contributed by atoms with van der Waals surface area (Å²) in [5.41, 5.74) is 9.23. The zero-order chi connectivity index (χ0) is 13.2. The molecule has 0 unspecified atom stereocenters. The fourth-order valence-corrected chi connectivity index (χ4v) is 2.21. The molecule has 1 heterocycles. The average molecular weight is 271 g/mol. The highest BCUT2D eigenvalue weighted by atomic mass is 35.5. The van der Waals surface area contributed by atoms with E-state index in [0.717, 1.165) is 22.4 Å². The molecular weight excluding hydrogens is 260 g/mol. The molecule has 0 saturated heterocycles. The number of hydrogen-bond acceptors (Lipinski definition) is 3. The number of hydrogen-bond donors (Lipinski definition) is 1. The molecule has 4 heteroatoms. The Bertz CT molecular complexity index is 707. The molecule has 0 saturated carbocycles. The van der Waals surface area contributed by atoms with Gasteiger partial charge in [0.2, 0.25) is 5.88 Å². The Morgan fingerprint density at radius 1 is 0.947 bits per heavy atom. The highest BCUT2D eigenvalue weighted by Gasteiger charge is 2.17. The lowest BCUT2D eigenvalue weighted by atomic mass is 10.0. The van der Waals surface area contributed by atoms with Crippen molar-refractivity contribution in [2.45, 2.75) is 0 Å². The minimum atomic E-state index is 0.293. The van der Waals surface area contributed by atoms with Gasteiger partial charge in [-0.25, -0.2) is 0 Å². The Morgan fingerprint density at radius 2 is 1.68 bits per heavy atom. The van der Waals surface area contributed by atoms with Crippen molar-refractivity contribution >= 4 is 17.5 Å². The van der Waals surface area contributed by atoms with Gasteiger partial charge >= 0.3 is 0 Å².